The van der Waals surface area contributed by atoms with Crippen molar-refractivity contribution in [2.24, 2.45) is 5.92 Å². The Morgan fingerprint density at radius 3 is 2.69 bits per heavy atom. The summed E-state index contributed by atoms with van der Waals surface area (Å²) in [6, 6.07) is 8.48. The molecule has 1 amide bonds. The van der Waals surface area contributed by atoms with E-state index < -0.39 is 18.3 Å². The minimum atomic E-state index is -2.80. The van der Waals surface area contributed by atoms with Gasteiger partial charge in [0.25, 0.3) is 6.43 Å². The molecule has 3 aromatic rings. The van der Waals surface area contributed by atoms with E-state index in [1.807, 2.05) is 11.8 Å². The van der Waals surface area contributed by atoms with E-state index in [0.717, 1.165) is 0 Å². The molecule has 0 spiro atoms. The molecule has 1 aromatic carbocycles. The molecule has 4 heterocycles. The maximum absolute atomic E-state index is 14.0. The van der Waals surface area contributed by atoms with Crippen molar-refractivity contribution in [2.75, 3.05) is 44.4 Å². The Kier molecular flexibility index (Phi) is 6.86. The smallest absolute Gasteiger partial charge is 0.407 e. The number of halogens is 2. The maximum Gasteiger partial charge on any atom is 0.407 e. The van der Waals surface area contributed by atoms with Crippen LogP contribution in [0.1, 0.15) is 32.0 Å². The topological polar surface area (TPSA) is 106 Å². The third kappa shape index (κ3) is 4.90. The summed E-state index contributed by atoms with van der Waals surface area (Å²) in [5.74, 6) is 0.654. The SMILES string of the molecule is C[C@H]1COCCN1c1nc(OCC2CCN(C(=O)O)CC2)cc(-n2c(C(F)F)nc3ccccc32)n1. The molecule has 2 aliphatic heterocycles. The lowest BCUT2D eigenvalue weighted by Gasteiger charge is -2.33. The molecule has 0 saturated carbocycles. The number of carbonyl (C=O) groups is 1. The van der Waals surface area contributed by atoms with Gasteiger partial charge in [0.1, 0.15) is 5.82 Å². The van der Waals surface area contributed by atoms with E-state index in [4.69, 9.17) is 14.6 Å². The number of hydrogen-bond acceptors (Lipinski definition) is 7. The lowest BCUT2D eigenvalue weighted by Crippen LogP contribution is -2.44. The first-order valence-corrected chi connectivity index (χ1v) is 12.0. The average Bonchev–Trinajstić information content (AvgIpc) is 3.28. The summed E-state index contributed by atoms with van der Waals surface area (Å²) in [6.07, 6.45) is -2.36. The summed E-state index contributed by atoms with van der Waals surface area (Å²) in [7, 11) is 0. The van der Waals surface area contributed by atoms with Gasteiger partial charge in [-0.05, 0) is 37.8 Å². The van der Waals surface area contributed by atoms with Crippen LogP contribution in [0.5, 0.6) is 5.88 Å². The lowest BCUT2D eigenvalue weighted by atomic mass is 9.98. The summed E-state index contributed by atoms with van der Waals surface area (Å²) >= 11 is 0. The van der Waals surface area contributed by atoms with Gasteiger partial charge >= 0.3 is 6.09 Å². The second-order valence-electron chi connectivity index (χ2n) is 9.10. The highest BCUT2D eigenvalue weighted by Crippen LogP contribution is 2.30. The number of benzene rings is 1. The number of rotatable bonds is 6. The Bertz CT molecular complexity index is 1230. The minimum Gasteiger partial charge on any atom is -0.477 e. The Hall–Kier alpha value is -3.54. The molecule has 12 heteroatoms. The molecule has 2 aliphatic rings. The fraction of sp³-hybridized carbons (Fsp3) is 0.500. The molecule has 2 aromatic heterocycles. The molecule has 192 valence electrons. The van der Waals surface area contributed by atoms with E-state index >= 15 is 0 Å². The monoisotopic (exact) mass is 502 g/mol. The number of likely N-dealkylation sites (tertiary alicyclic amines) is 1. The zero-order valence-corrected chi connectivity index (χ0v) is 19.9. The van der Waals surface area contributed by atoms with Gasteiger partial charge in [-0.25, -0.2) is 18.6 Å². The number of aromatic nitrogens is 4. The first-order chi connectivity index (χ1) is 17.4. The Labute approximate surface area is 206 Å². The van der Waals surface area contributed by atoms with Gasteiger partial charge in [-0.1, -0.05) is 12.1 Å². The molecule has 2 saturated heterocycles. The van der Waals surface area contributed by atoms with Crippen LogP contribution in [0.3, 0.4) is 0 Å². The van der Waals surface area contributed by atoms with E-state index in [9.17, 15) is 13.6 Å². The molecule has 0 bridgehead atoms. The van der Waals surface area contributed by atoms with Crippen molar-refractivity contribution < 1.29 is 28.2 Å². The number of amides is 1. The van der Waals surface area contributed by atoms with Crippen LogP contribution in [0.2, 0.25) is 0 Å². The Morgan fingerprint density at radius 2 is 1.97 bits per heavy atom. The second kappa shape index (κ2) is 10.2. The van der Waals surface area contributed by atoms with Gasteiger partial charge in [-0.15, -0.1) is 0 Å². The molecule has 1 N–H and O–H groups in total. The summed E-state index contributed by atoms with van der Waals surface area (Å²) in [5, 5.41) is 9.17. The average molecular weight is 503 g/mol. The molecule has 0 unspecified atom stereocenters. The quantitative estimate of drug-likeness (QED) is 0.543. The highest BCUT2D eigenvalue weighted by molar-refractivity contribution is 5.78. The number of alkyl halides is 2. The van der Waals surface area contributed by atoms with E-state index in [1.165, 1.54) is 9.47 Å². The molecular formula is C24H28F2N6O4. The van der Waals surface area contributed by atoms with Crippen LogP contribution in [0.25, 0.3) is 16.9 Å². The van der Waals surface area contributed by atoms with E-state index in [1.54, 1.807) is 30.3 Å². The van der Waals surface area contributed by atoms with Gasteiger partial charge in [0.15, 0.2) is 5.82 Å². The van der Waals surface area contributed by atoms with Gasteiger partial charge < -0.3 is 24.4 Å². The molecule has 0 aliphatic carbocycles. The highest BCUT2D eigenvalue weighted by atomic mass is 19.3. The number of piperidine rings is 1. The molecular weight excluding hydrogens is 474 g/mol. The van der Waals surface area contributed by atoms with Crippen LogP contribution in [0.4, 0.5) is 19.5 Å². The summed E-state index contributed by atoms with van der Waals surface area (Å²) in [6.45, 7) is 4.80. The number of imidazole rings is 1. The van der Waals surface area contributed by atoms with Gasteiger partial charge in [0.05, 0.1) is 36.9 Å². The van der Waals surface area contributed by atoms with Crippen molar-refractivity contribution in [3.05, 3.63) is 36.2 Å². The lowest BCUT2D eigenvalue weighted by molar-refractivity contribution is 0.0978. The number of ether oxygens (including phenoxy) is 2. The standard InChI is InChI=1S/C24H28F2N6O4/c1-15-13-35-11-10-31(15)23-28-19(32-18-5-3-2-4-17(18)27-22(32)21(25)26)12-20(29-23)36-14-16-6-8-30(9-7-16)24(33)34/h2-5,12,15-16,21H,6-11,13-14H2,1H3,(H,33,34)/t15-/m0/s1. The highest BCUT2D eigenvalue weighted by Gasteiger charge is 2.27. The minimum absolute atomic E-state index is 0.00343. The van der Waals surface area contributed by atoms with Crippen molar-refractivity contribution in [1.82, 2.24) is 24.4 Å². The molecule has 1 atom stereocenters. The predicted octanol–water partition coefficient (Wildman–Crippen LogP) is 3.75. The van der Waals surface area contributed by atoms with Crippen LogP contribution < -0.4 is 9.64 Å². The molecule has 10 nitrogen and oxygen atoms in total. The normalized spacial score (nSPS) is 19.3. The van der Waals surface area contributed by atoms with Crippen LogP contribution >= 0.6 is 0 Å². The predicted molar refractivity (Wildman–Crippen MR) is 127 cm³/mol. The van der Waals surface area contributed by atoms with E-state index in [2.05, 4.69) is 15.0 Å². The third-order valence-electron chi connectivity index (χ3n) is 6.66. The molecule has 2 fully saturated rings. The van der Waals surface area contributed by atoms with Crippen molar-refractivity contribution in [2.45, 2.75) is 32.2 Å². The fourth-order valence-electron chi connectivity index (χ4n) is 4.67. The van der Waals surface area contributed by atoms with E-state index in [-0.39, 0.29) is 23.7 Å². The number of fused-ring (bicyclic) bond motifs is 1. The zero-order valence-electron chi connectivity index (χ0n) is 19.9. The van der Waals surface area contributed by atoms with Gasteiger partial charge in [-0.3, -0.25) is 4.57 Å². The Morgan fingerprint density at radius 1 is 1.19 bits per heavy atom. The summed E-state index contributed by atoms with van der Waals surface area (Å²) < 4.78 is 41.0. The number of carboxylic acid groups (broad SMARTS) is 1. The second-order valence-corrected chi connectivity index (χ2v) is 9.10. The van der Waals surface area contributed by atoms with Gasteiger partial charge in [0, 0.05) is 25.7 Å². The zero-order chi connectivity index (χ0) is 25.2. The van der Waals surface area contributed by atoms with Crippen molar-refractivity contribution in [1.29, 1.82) is 0 Å². The first-order valence-electron chi connectivity index (χ1n) is 12.0. The van der Waals surface area contributed by atoms with Gasteiger partial charge in [-0.2, -0.15) is 9.97 Å². The van der Waals surface area contributed by atoms with Crippen molar-refractivity contribution >= 4 is 23.1 Å². The Balaban J connectivity index is 1.49. The van der Waals surface area contributed by atoms with Crippen LogP contribution in [0.15, 0.2) is 30.3 Å². The number of para-hydroxylation sites is 2. The van der Waals surface area contributed by atoms with Crippen molar-refractivity contribution in [3.63, 3.8) is 0 Å². The van der Waals surface area contributed by atoms with Crippen LogP contribution in [-0.4, -0.2) is 81.1 Å². The van der Waals surface area contributed by atoms with Crippen LogP contribution in [0, 0.1) is 5.92 Å². The molecule has 0 radical (unpaired) electrons. The van der Waals surface area contributed by atoms with Gasteiger partial charge in [0.2, 0.25) is 11.8 Å². The molecule has 5 rings (SSSR count). The number of anilines is 1. The third-order valence-corrected chi connectivity index (χ3v) is 6.66. The van der Waals surface area contributed by atoms with E-state index in [0.29, 0.717) is 69.3 Å². The summed E-state index contributed by atoms with van der Waals surface area (Å²) in [5.41, 5.74) is 0.958. The fourth-order valence-corrected chi connectivity index (χ4v) is 4.67. The number of morpholine rings is 1. The summed E-state index contributed by atoms with van der Waals surface area (Å²) in [4.78, 5) is 28.0. The maximum atomic E-state index is 14.0. The number of nitrogens with zero attached hydrogens (tertiary/aromatic N) is 6. The largest absolute Gasteiger partial charge is 0.477 e. The van der Waals surface area contributed by atoms with Crippen molar-refractivity contribution in [3.8, 4) is 11.7 Å². The molecule has 36 heavy (non-hydrogen) atoms. The first kappa shape index (κ1) is 24.2. The van der Waals surface area contributed by atoms with Crippen LogP contribution in [-0.2, 0) is 4.74 Å². The number of hydrogen-bond donors (Lipinski definition) is 1.